The van der Waals surface area contributed by atoms with Crippen LogP contribution in [0.4, 0.5) is 0 Å². The molecule has 4 aromatic rings. The number of rotatable bonds is 0. The molecule has 4 aromatic carbocycles. The van der Waals surface area contributed by atoms with E-state index in [2.05, 4.69) is 97.7 Å². The summed E-state index contributed by atoms with van der Waals surface area (Å²) in [7, 11) is 2.97. The Morgan fingerprint density at radius 1 is 0.586 bits per heavy atom. The standard InChI is InChI=1S/2C12H13.2CH3.ClH.Si.Ti/c2*1-8-6-11-9(2)4-5-10(3)12(11)7-8;;;;;/h2*4-7H,1-3H3;2*1H3;1H;;/q4*-1;;;. The fourth-order valence-corrected chi connectivity index (χ4v) is 3.47. The topological polar surface area (TPSA) is 0 Å². The van der Waals surface area contributed by atoms with Gasteiger partial charge >= 0.3 is 26.8 Å². The van der Waals surface area contributed by atoms with Gasteiger partial charge in [0.25, 0.3) is 0 Å². The third kappa shape index (κ3) is 6.96. The van der Waals surface area contributed by atoms with Crippen molar-refractivity contribution < 1.29 is 19.2 Å². The van der Waals surface area contributed by atoms with E-state index in [1.807, 2.05) is 0 Å². The van der Waals surface area contributed by atoms with Gasteiger partial charge in [0, 0.05) is 0 Å². The molecular formula is C26H33ClSiTi-4. The molecule has 0 aliphatic rings. The molecule has 4 rings (SSSR count). The van der Waals surface area contributed by atoms with Gasteiger partial charge in [0.1, 0.15) is 0 Å². The van der Waals surface area contributed by atoms with Crippen LogP contribution in [0.5, 0.6) is 0 Å². The van der Waals surface area contributed by atoms with Crippen molar-refractivity contribution in [3.63, 3.8) is 0 Å². The molecule has 0 bridgehead atoms. The van der Waals surface area contributed by atoms with Gasteiger partial charge in [0.05, 0.1) is 0 Å². The zero-order valence-corrected chi connectivity index (χ0v) is 22.4. The Morgan fingerprint density at radius 3 is 1.14 bits per heavy atom. The zero-order chi connectivity index (χ0) is 19.4. The minimum atomic E-state index is 0. The number of halogens is 1. The van der Waals surface area contributed by atoms with E-state index in [0.717, 1.165) is 0 Å². The number of aryl methyl sites for hydroxylation is 6. The first-order chi connectivity index (χ1) is 12.4. The summed E-state index contributed by atoms with van der Waals surface area (Å²) < 4.78 is 0. The molecule has 2 radical (unpaired) electrons. The van der Waals surface area contributed by atoms with Crippen LogP contribution in [0.25, 0.3) is 21.5 Å². The second-order valence-electron chi connectivity index (χ2n) is 7.12. The average molecular weight is 457 g/mol. The molecule has 0 heterocycles. The van der Waals surface area contributed by atoms with Crippen LogP contribution in [0.2, 0.25) is 0 Å². The predicted molar refractivity (Wildman–Crippen MR) is 133 cm³/mol. The third-order valence-corrected chi connectivity index (χ3v) is 4.93. The molecule has 0 atom stereocenters. The number of hydrogen-bond donors (Lipinski definition) is 0. The Balaban J connectivity index is 0. The van der Waals surface area contributed by atoms with Gasteiger partial charge in [-0.25, -0.2) is 0 Å². The van der Waals surface area contributed by atoms with Crippen LogP contribution in [-0.2, 0) is 19.2 Å². The van der Waals surface area contributed by atoms with E-state index in [-0.39, 0.29) is 27.3 Å². The molecule has 0 nitrogen and oxygen atoms in total. The Labute approximate surface area is 198 Å². The average Bonchev–Trinajstić information content (AvgIpc) is 3.21. The summed E-state index contributed by atoms with van der Waals surface area (Å²) >= 11 is 1.81. The van der Waals surface area contributed by atoms with Gasteiger partial charge in [0.15, 0.2) is 0 Å². The summed E-state index contributed by atoms with van der Waals surface area (Å²) in [5.74, 6) is 0. The Kier molecular flexibility index (Phi) is 13.7. The molecule has 0 amide bonds. The van der Waals surface area contributed by atoms with E-state index in [0.29, 0.717) is 0 Å². The monoisotopic (exact) mass is 456 g/mol. The quantitative estimate of drug-likeness (QED) is 0.186. The summed E-state index contributed by atoms with van der Waals surface area (Å²) in [5.41, 5.74) is 8.24. The summed E-state index contributed by atoms with van der Waals surface area (Å²) in [6.07, 6.45) is 0. The van der Waals surface area contributed by atoms with Crippen LogP contribution in [0.3, 0.4) is 0 Å². The number of hydrogen-bond acceptors (Lipinski definition) is 0. The van der Waals surface area contributed by atoms with Crippen molar-refractivity contribution in [2.24, 2.45) is 0 Å². The summed E-state index contributed by atoms with van der Waals surface area (Å²) in [5, 5.41) is 5.64. The summed E-state index contributed by atoms with van der Waals surface area (Å²) in [6.45, 7) is 13.0. The number of fused-ring (bicyclic) bond motifs is 2. The molecule has 0 N–H and O–H groups in total. The fraction of sp³-hybridized carbons (Fsp3) is 0.231. The first kappa shape index (κ1) is 30.1. The van der Waals surface area contributed by atoms with Gasteiger partial charge in [-0.05, 0) is 13.8 Å². The fourth-order valence-electron chi connectivity index (χ4n) is 3.47. The van der Waals surface area contributed by atoms with Crippen LogP contribution in [0.1, 0.15) is 33.4 Å². The molecule has 0 aliphatic carbocycles. The Bertz CT molecular complexity index is 878. The molecule has 0 spiro atoms. The Morgan fingerprint density at radius 2 is 0.862 bits per heavy atom. The SMILES string of the molecule is Cc1cc2c(C)ccc(C)c2[cH-]1.Cc1cc2c(C)ccc(C)c2[cH-]1.Cl.[CH3-].[CH3-].[Si]=[Ti]. The van der Waals surface area contributed by atoms with Crippen LogP contribution in [0, 0.1) is 56.4 Å². The van der Waals surface area contributed by atoms with Gasteiger partial charge in [-0.15, -0.1) is 80.5 Å². The molecule has 0 saturated carbocycles. The first-order valence-corrected chi connectivity index (χ1v) is 11.7. The van der Waals surface area contributed by atoms with Gasteiger partial charge < -0.3 is 14.9 Å². The van der Waals surface area contributed by atoms with Gasteiger partial charge in [-0.2, -0.15) is 12.1 Å². The van der Waals surface area contributed by atoms with E-state index >= 15 is 0 Å². The second-order valence-corrected chi connectivity index (χ2v) is 7.12. The maximum absolute atomic E-state index is 2.97. The van der Waals surface area contributed by atoms with Gasteiger partial charge in [-0.3, -0.25) is 0 Å². The molecule has 156 valence electrons. The van der Waals surface area contributed by atoms with E-state index in [1.54, 1.807) is 19.2 Å². The number of benzene rings is 2. The molecule has 0 fully saturated rings. The van der Waals surface area contributed by atoms with E-state index in [4.69, 9.17) is 0 Å². The van der Waals surface area contributed by atoms with Crippen molar-refractivity contribution in [3.05, 3.63) is 96.8 Å². The van der Waals surface area contributed by atoms with Crippen molar-refractivity contribution >= 4 is 41.6 Å². The molecule has 29 heavy (non-hydrogen) atoms. The molecule has 0 aromatic heterocycles. The predicted octanol–water partition coefficient (Wildman–Crippen LogP) is 7.91. The molecule has 0 unspecified atom stereocenters. The van der Waals surface area contributed by atoms with Crippen LogP contribution in [0.15, 0.2) is 48.5 Å². The van der Waals surface area contributed by atoms with Gasteiger partial charge in [-0.1, -0.05) is 51.0 Å². The van der Waals surface area contributed by atoms with Crippen molar-refractivity contribution in [3.8, 4) is 0 Å². The molecule has 0 aliphatic heterocycles. The first-order valence-electron chi connectivity index (χ1n) is 8.88. The van der Waals surface area contributed by atoms with E-state index in [9.17, 15) is 0 Å². The van der Waals surface area contributed by atoms with Crippen molar-refractivity contribution in [2.45, 2.75) is 41.5 Å². The van der Waals surface area contributed by atoms with Crippen LogP contribution < -0.4 is 0 Å². The minimum absolute atomic E-state index is 0. The van der Waals surface area contributed by atoms with Crippen LogP contribution in [-0.4, -0.2) is 7.63 Å². The zero-order valence-electron chi connectivity index (χ0n) is 19.0. The van der Waals surface area contributed by atoms with Crippen molar-refractivity contribution in [1.82, 2.24) is 0 Å². The molecule has 3 heteroatoms. The van der Waals surface area contributed by atoms with E-state index < -0.39 is 0 Å². The second kappa shape index (κ2) is 13.2. The summed E-state index contributed by atoms with van der Waals surface area (Å²) in [4.78, 5) is 0. The van der Waals surface area contributed by atoms with Crippen molar-refractivity contribution in [1.29, 1.82) is 0 Å². The normalized spacial score (nSPS) is 9.14. The summed E-state index contributed by atoms with van der Waals surface area (Å²) in [6, 6.07) is 17.8. The van der Waals surface area contributed by atoms with Gasteiger partial charge in [0.2, 0.25) is 0 Å². The maximum atomic E-state index is 2.97. The Hall–Kier alpha value is -1.12. The molecular weight excluding hydrogens is 424 g/mol. The van der Waals surface area contributed by atoms with Crippen molar-refractivity contribution in [2.75, 3.05) is 0 Å². The van der Waals surface area contributed by atoms with E-state index in [1.165, 1.54) is 54.9 Å². The van der Waals surface area contributed by atoms with Crippen LogP contribution >= 0.6 is 12.4 Å². The third-order valence-electron chi connectivity index (χ3n) is 4.93. The molecule has 0 saturated heterocycles.